The number of carbonyl (C=O) groups excluding carboxylic acids is 2. The fraction of sp³-hybridized carbons (Fsp3) is 0.167. The summed E-state index contributed by atoms with van der Waals surface area (Å²) in [6.45, 7) is 2.47. The Balaban J connectivity index is 1.22. The molecule has 0 radical (unpaired) electrons. The van der Waals surface area contributed by atoms with Crippen molar-refractivity contribution >= 4 is 23.2 Å². The van der Waals surface area contributed by atoms with Gasteiger partial charge in [0.1, 0.15) is 12.0 Å². The Hall–Kier alpha value is -4.40. The van der Waals surface area contributed by atoms with E-state index in [0.717, 1.165) is 11.3 Å². The Morgan fingerprint density at radius 1 is 1.12 bits per heavy atom. The third-order valence-corrected chi connectivity index (χ3v) is 5.30. The van der Waals surface area contributed by atoms with Crippen molar-refractivity contribution in [3.8, 4) is 5.75 Å². The van der Waals surface area contributed by atoms with Gasteiger partial charge in [0.15, 0.2) is 6.61 Å². The summed E-state index contributed by atoms with van der Waals surface area (Å²) in [5.41, 5.74) is 3.53. The van der Waals surface area contributed by atoms with Gasteiger partial charge in [-0.25, -0.2) is 0 Å². The van der Waals surface area contributed by atoms with Crippen LogP contribution in [-0.4, -0.2) is 28.5 Å². The number of hydrogen-bond donors (Lipinski definition) is 1. The Morgan fingerprint density at radius 2 is 1.97 bits per heavy atom. The zero-order chi connectivity index (χ0) is 22.8. The van der Waals surface area contributed by atoms with Crippen LogP contribution in [0.3, 0.4) is 0 Å². The van der Waals surface area contributed by atoms with Gasteiger partial charge in [0, 0.05) is 30.4 Å². The number of furan rings is 1. The first-order valence-electron chi connectivity index (χ1n) is 10.4. The van der Waals surface area contributed by atoms with E-state index >= 15 is 0 Å². The second-order valence-corrected chi connectivity index (χ2v) is 7.56. The third-order valence-electron chi connectivity index (χ3n) is 5.30. The average Bonchev–Trinajstić information content (AvgIpc) is 3.58. The number of nitrogens with zero attached hydrogens (tertiary/aromatic N) is 3. The number of anilines is 2. The van der Waals surface area contributed by atoms with Crippen LogP contribution in [-0.2, 0) is 13.0 Å². The number of amides is 2. The standard InChI is InChI=1S/C24H20N4O5/c1-15-25-22(27-33-15)14-32-20-5-2-16(3-6-20)23(29)26-19-4-7-21-17(12-19)8-10-28(21)24(30)18-9-11-31-13-18/h2-7,9,11-13H,8,10,14H2,1H3,(H,26,29). The predicted octanol–water partition coefficient (Wildman–Crippen LogP) is 4.01. The molecular weight excluding hydrogens is 424 g/mol. The average molecular weight is 444 g/mol. The summed E-state index contributed by atoms with van der Waals surface area (Å²) in [7, 11) is 0. The maximum Gasteiger partial charge on any atom is 0.261 e. The zero-order valence-corrected chi connectivity index (χ0v) is 17.8. The lowest BCUT2D eigenvalue weighted by Gasteiger charge is -2.16. The molecule has 3 heterocycles. The largest absolute Gasteiger partial charge is 0.485 e. The number of hydrogen-bond acceptors (Lipinski definition) is 7. The highest BCUT2D eigenvalue weighted by Gasteiger charge is 2.26. The quantitative estimate of drug-likeness (QED) is 0.478. The topological polar surface area (TPSA) is 111 Å². The number of rotatable bonds is 6. The van der Waals surface area contributed by atoms with E-state index in [1.54, 1.807) is 48.2 Å². The van der Waals surface area contributed by atoms with Gasteiger partial charge in [-0.05, 0) is 60.5 Å². The van der Waals surface area contributed by atoms with Gasteiger partial charge in [-0.2, -0.15) is 4.98 Å². The lowest BCUT2D eigenvalue weighted by molar-refractivity contribution is 0.0987. The molecule has 0 saturated carbocycles. The van der Waals surface area contributed by atoms with Crippen LogP contribution in [0, 0.1) is 6.92 Å². The van der Waals surface area contributed by atoms with Crippen molar-refractivity contribution in [3.05, 3.63) is 89.5 Å². The molecule has 5 rings (SSSR count). The summed E-state index contributed by atoms with van der Waals surface area (Å²) in [6.07, 6.45) is 3.64. The highest BCUT2D eigenvalue weighted by molar-refractivity contribution is 6.08. The summed E-state index contributed by atoms with van der Waals surface area (Å²) in [6, 6.07) is 14.0. The van der Waals surface area contributed by atoms with Crippen LogP contribution in [0.4, 0.5) is 11.4 Å². The van der Waals surface area contributed by atoms with E-state index in [1.165, 1.54) is 12.5 Å². The summed E-state index contributed by atoms with van der Waals surface area (Å²) in [4.78, 5) is 31.1. The van der Waals surface area contributed by atoms with Crippen molar-refractivity contribution in [2.24, 2.45) is 0 Å². The van der Waals surface area contributed by atoms with Gasteiger partial charge in [-0.1, -0.05) is 5.16 Å². The van der Waals surface area contributed by atoms with Crippen molar-refractivity contribution in [1.82, 2.24) is 10.1 Å². The first-order chi connectivity index (χ1) is 16.1. The Kier molecular flexibility index (Phi) is 5.35. The normalized spacial score (nSPS) is 12.5. The minimum atomic E-state index is -0.236. The molecule has 166 valence electrons. The fourth-order valence-corrected chi connectivity index (χ4v) is 3.69. The molecule has 0 bridgehead atoms. The smallest absolute Gasteiger partial charge is 0.261 e. The molecule has 0 aliphatic carbocycles. The van der Waals surface area contributed by atoms with Crippen LogP contribution < -0.4 is 15.0 Å². The second kappa shape index (κ2) is 8.62. The Morgan fingerprint density at radius 3 is 2.70 bits per heavy atom. The first kappa shape index (κ1) is 20.5. The number of ether oxygens (including phenoxy) is 1. The fourth-order valence-electron chi connectivity index (χ4n) is 3.69. The van der Waals surface area contributed by atoms with Gasteiger partial charge in [0.25, 0.3) is 11.8 Å². The molecule has 0 spiro atoms. The van der Waals surface area contributed by atoms with Crippen LogP contribution >= 0.6 is 0 Å². The molecule has 0 fully saturated rings. The molecule has 0 saturated heterocycles. The van der Waals surface area contributed by atoms with Gasteiger partial charge >= 0.3 is 0 Å². The lowest BCUT2D eigenvalue weighted by Crippen LogP contribution is -2.28. The third kappa shape index (κ3) is 4.33. The highest BCUT2D eigenvalue weighted by atomic mass is 16.5. The molecule has 2 aromatic heterocycles. The minimum absolute atomic E-state index is 0.101. The molecule has 9 heteroatoms. The maximum atomic E-state index is 12.7. The summed E-state index contributed by atoms with van der Waals surface area (Å²) >= 11 is 0. The number of carbonyl (C=O) groups is 2. The van der Waals surface area contributed by atoms with Gasteiger partial charge in [-0.3, -0.25) is 9.59 Å². The van der Waals surface area contributed by atoms with E-state index in [2.05, 4.69) is 15.5 Å². The monoisotopic (exact) mass is 444 g/mol. The van der Waals surface area contributed by atoms with Crippen molar-refractivity contribution in [2.45, 2.75) is 20.0 Å². The van der Waals surface area contributed by atoms with Crippen LogP contribution in [0.1, 0.15) is 38.0 Å². The van der Waals surface area contributed by atoms with Crippen molar-refractivity contribution in [1.29, 1.82) is 0 Å². The summed E-state index contributed by atoms with van der Waals surface area (Å²) < 4.78 is 15.5. The zero-order valence-electron chi connectivity index (χ0n) is 17.8. The molecule has 33 heavy (non-hydrogen) atoms. The predicted molar refractivity (Wildman–Crippen MR) is 118 cm³/mol. The van der Waals surface area contributed by atoms with Crippen molar-refractivity contribution in [2.75, 3.05) is 16.8 Å². The van der Waals surface area contributed by atoms with Crippen molar-refractivity contribution in [3.63, 3.8) is 0 Å². The van der Waals surface area contributed by atoms with E-state index in [0.29, 0.717) is 47.2 Å². The van der Waals surface area contributed by atoms with E-state index in [9.17, 15) is 9.59 Å². The molecule has 4 aromatic rings. The van der Waals surface area contributed by atoms with Gasteiger partial charge < -0.3 is 23.9 Å². The molecule has 1 aliphatic heterocycles. The molecule has 0 unspecified atom stereocenters. The molecule has 2 amide bonds. The van der Waals surface area contributed by atoms with E-state index in [4.69, 9.17) is 13.7 Å². The van der Waals surface area contributed by atoms with Gasteiger partial charge in [-0.15, -0.1) is 0 Å². The number of nitrogens with one attached hydrogen (secondary N) is 1. The number of aryl methyl sites for hydroxylation is 1. The molecule has 1 aliphatic rings. The first-order valence-corrected chi connectivity index (χ1v) is 10.4. The van der Waals surface area contributed by atoms with Crippen LogP contribution in [0.15, 0.2) is 70.0 Å². The molecule has 9 nitrogen and oxygen atoms in total. The number of benzene rings is 2. The van der Waals surface area contributed by atoms with E-state index < -0.39 is 0 Å². The van der Waals surface area contributed by atoms with Gasteiger partial charge in [0.2, 0.25) is 11.7 Å². The SMILES string of the molecule is Cc1nc(COc2ccc(C(=O)Nc3ccc4c(c3)CCN4C(=O)c3ccoc3)cc2)no1. The molecule has 0 atom stereocenters. The number of fused-ring (bicyclic) bond motifs is 1. The maximum absolute atomic E-state index is 12.7. The van der Waals surface area contributed by atoms with Crippen LogP contribution in [0.2, 0.25) is 0 Å². The lowest BCUT2D eigenvalue weighted by atomic mass is 10.1. The highest BCUT2D eigenvalue weighted by Crippen LogP contribution is 2.32. The van der Waals surface area contributed by atoms with Crippen LogP contribution in [0.25, 0.3) is 0 Å². The van der Waals surface area contributed by atoms with E-state index in [-0.39, 0.29) is 18.4 Å². The molecular formula is C24H20N4O5. The second-order valence-electron chi connectivity index (χ2n) is 7.56. The van der Waals surface area contributed by atoms with Gasteiger partial charge in [0.05, 0.1) is 11.8 Å². The molecule has 1 N–H and O–H groups in total. The van der Waals surface area contributed by atoms with Crippen molar-refractivity contribution < 1.29 is 23.3 Å². The van der Waals surface area contributed by atoms with Crippen LogP contribution in [0.5, 0.6) is 5.75 Å². The Labute approximate surface area is 189 Å². The molecule has 2 aromatic carbocycles. The van der Waals surface area contributed by atoms with E-state index in [1.807, 2.05) is 12.1 Å². The summed E-state index contributed by atoms with van der Waals surface area (Å²) in [5, 5.41) is 6.68. The Bertz CT molecular complexity index is 1290. The minimum Gasteiger partial charge on any atom is -0.485 e. The summed E-state index contributed by atoms with van der Waals surface area (Å²) in [5.74, 6) is 1.19. The number of aromatic nitrogens is 2.